The Hall–Kier alpha value is -2.07. The van der Waals surface area contributed by atoms with E-state index in [1.807, 2.05) is 7.05 Å². The Balaban J connectivity index is 1.50. The second kappa shape index (κ2) is 8.69. The Morgan fingerprint density at radius 2 is 1.79 bits per heavy atom. The molecule has 2 N–H and O–H groups in total. The van der Waals surface area contributed by atoms with Crippen LogP contribution in [0.1, 0.15) is 24.8 Å². The Morgan fingerprint density at radius 3 is 2.62 bits per heavy atom. The summed E-state index contributed by atoms with van der Waals surface area (Å²) in [7, 11) is 1.83. The van der Waals surface area contributed by atoms with E-state index in [1.54, 1.807) is 0 Å². The Bertz CT molecular complexity index is 669. The highest BCUT2D eigenvalue weighted by Gasteiger charge is 2.09. The van der Waals surface area contributed by atoms with Crippen molar-refractivity contribution in [2.45, 2.75) is 25.8 Å². The number of fused-ring (bicyclic) bond motifs is 1. The van der Waals surface area contributed by atoms with Gasteiger partial charge in [-0.1, -0.05) is 48.9 Å². The minimum absolute atomic E-state index is 0.782. The highest BCUT2D eigenvalue weighted by molar-refractivity contribution is 5.86. The van der Waals surface area contributed by atoms with Crippen molar-refractivity contribution >= 4 is 16.7 Å². The van der Waals surface area contributed by atoms with Crippen LogP contribution in [0.25, 0.3) is 10.8 Å². The fourth-order valence-corrected chi connectivity index (χ4v) is 3.36. The highest BCUT2D eigenvalue weighted by atomic mass is 15.2. The van der Waals surface area contributed by atoms with Gasteiger partial charge in [0.2, 0.25) is 0 Å². The van der Waals surface area contributed by atoms with E-state index < -0.39 is 0 Å². The van der Waals surface area contributed by atoms with Crippen LogP contribution >= 0.6 is 0 Å². The van der Waals surface area contributed by atoms with Gasteiger partial charge in [-0.15, -0.1) is 0 Å². The molecule has 0 radical (unpaired) electrons. The molecule has 0 saturated carbocycles. The van der Waals surface area contributed by atoms with Crippen molar-refractivity contribution in [3.63, 3.8) is 0 Å². The first-order valence-corrected chi connectivity index (χ1v) is 9.00. The molecule has 1 aliphatic heterocycles. The molecule has 2 aromatic carbocycles. The maximum absolute atomic E-state index is 4.34. The van der Waals surface area contributed by atoms with E-state index in [4.69, 9.17) is 0 Å². The smallest absolute Gasteiger partial charge is 0.191 e. The normalized spacial score (nSPS) is 16.3. The van der Waals surface area contributed by atoms with E-state index >= 15 is 0 Å². The Kier molecular flexibility index (Phi) is 6.07. The lowest BCUT2D eigenvalue weighted by molar-refractivity contribution is 0.232. The summed E-state index contributed by atoms with van der Waals surface area (Å²) in [6.45, 7) is 5.29. The zero-order valence-corrected chi connectivity index (χ0v) is 14.6. The molecule has 0 unspecified atom stereocenters. The van der Waals surface area contributed by atoms with Gasteiger partial charge in [0.15, 0.2) is 5.96 Å². The lowest BCUT2D eigenvalue weighted by Gasteiger charge is -2.26. The monoisotopic (exact) mass is 324 g/mol. The summed E-state index contributed by atoms with van der Waals surface area (Å²) in [6.07, 6.45) is 4.07. The summed E-state index contributed by atoms with van der Waals surface area (Å²) >= 11 is 0. The molecule has 0 amide bonds. The second-order valence-electron chi connectivity index (χ2n) is 6.39. The van der Waals surface area contributed by atoms with Gasteiger partial charge in [-0.3, -0.25) is 4.99 Å². The number of nitrogens with one attached hydrogen (secondary N) is 2. The second-order valence-corrected chi connectivity index (χ2v) is 6.39. The summed E-state index contributed by atoms with van der Waals surface area (Å²) < 4.78 is 0. The quantitative estimate of drug-likeness (QED) is 0.656. The number of hydrogen-bond donors (Lipinski definition) is 2. The summed E-state index contributed by atoms with van der Waals surface area (Å²) in [6, 6.07) is 15.0. The summed E-state index contributed by atoms with van der Waals surface area (Å²) in [5.74, 6) is 0.875. The number of guanidine groups is 1. The lowest BCUT2D eigenvalue weighted by atomic mass is 10.0. The third-order valence-corrected chi connectivity index (χ3v) is 4.72. The van der Waals surface area contributed by atoms with Gasteiger partial charge in [0, 0.05) is 26.7 Å². The Labute approximate surface area is 145 Å². The molecule has 0 aromatic heterocycles. The van der Waals surface area contributed by atoms with Crippen LogP contribution in [-0.4, -0.2) is 44.1 Å². The van der Waals surface area contributed by atoms with Gasteiger partial charge in [0.25, 0.3) is 0 Å². The molecule has 1 heterocycles. The highest BCUT2D eigenvalue weighted by Crippen LogP contribution is 2.18. The molecule has 0 spiro atoms. The molecule has 3 rings (SSSR count). The molecule has 0 aliphatic carbocycles. The predicted molar refractivity (Wildman–Crippen MR) is 102 cm³/mol. The zero-order chi connectivity index (χ0) is 16.6. The zero-order valence-electron chi connectivity index (χ0n) is 14.6. The van der Waals surface area contributed by atoms with Gasteiger partial charge in [0.1, 0.15) is 0 Å². The van der Waals surface area contributed by atoms with Crippen molar-refractivity contribution in [2.24, 2.45) is 4.99 Å². The molecule has 1 fully saturated rings. The van der Waals surface area contributed by atoms with Crippen molar-refractivity contribution in [1.29, 1.82) is 0 Å². The summed E-state index contributed by atoms with van der Waals surface area (Å²) in [5.41, 5.74) is 1.30. The third kappa shape index (κ3) is 4.48. The van der Waals surface area contributed by atoms with Crippen LogP contribution < -0.4 is 10.6 Å². The first-order chi connectivity index (χ1) is 11.9. The molecular formula is C20H28N4. The van der Waals surface area contributed by atoms with Crippen molar-refractivity contribution < 1.29 is 0 Å². The molecule has 1 saturated heterocycles. The van der Waals surface area contributed by atoms with Crippen molar-refractivity contribution in [3.8, 4) is 0 Å². The minimum atomic E-state index is 0.782. The van der Waals surface area contributed by atoms with Crippen molar-refractivity contribution in [3.05, 3.63) is 48.0 Å². The van der Waals surface area contributed by atoms with Gasteiger partial charge in [0.05, 0.1) is 0 Å². The molecule has 128 valence electrons. The maximum Gasteiger partial charge on any atom is 0.191 e. The fraction of sp³-hybridized carbons (Fsp3) is 0.450. The van der Waals surface area contributed by atoms with Crippen LogP contribution in [0.5, 0.6) is 0 Å². The van der Waals surface area contributed by atoms with Crippen molar-refractivity contribution in [1.82, 2.24) is 15.5 Å². The number of rotatable bonds is 5. The van der Waals surface area contributed by atoms with E-state index in [0.717, 1.165) is 25.6 Å². The van der Waals surface area contributed by atoms with E-state index in [0.29, 0.717) is 0 Å². The number of hydrogen-bond acceptors (Lipinski definition) is 2. The third-order valence-electron chi connectivity index (χ3n) is 4.72. The van der Waals surface area contributed by atoms with Crippen LogP contribution in [0.3, 0.4) is 0 Å². The number of likely N-dealkylation sites (tertiary alicyclic amines) is 1. The van der Waals surface area contributed by atoms with E-state index in [-0.39, 0.29) is 0 Å². The average Bonchev–Trinajstić information content (AvgIpc) is 2.65. The summed E-state index contributed by atoms with van der Waals surface area (Å²) in [5, 5.41) is 9.45. The first-order valence-electron chi connectivity index (χ1n) is 9.00. The van der Waals surface area contributed by atoms with Crippen LogP contribution in [-0.2, 0) is 6.54 Å². The largest absolute Gasteiger partial charge is 0.355 e. The maximum atomic E-state index is 4.34. The fourth-order valence-electron chi connectivity index (χ4n) is 3.36. The van der Waals surface area contributed by atoms with Crippen LogP contribution in [0.2, 0.25) is 0 Å². The Morgan fingerprint density at radius 1 is 1.00 bits per heavy atom. The number of piperidine rings is 1. The minimum Gasteiger partial charge on any atom is -0.355 e. The number of aliphatic imine (C=N–C) groups is 1. The molecule has 1 aliphatic rings. The van der Waals surface area contributed by atoms with Crippen molar-refractivity contribution in [2.75, 3.05) is 33.2 Å². The van der Waals surface area contributed by atoms with Crippen LogP contribution in [0, 0.1) is 0 Å². The molecule has 2 aromatic rings. The molecule has 0 atom stereocenters. The predicted octanol–water partition coefficient (Wildman–Crippen LogP) is 2.99. The van der Waals surface area contributed by atoms with Gasteiger partial charge in [-0.25, -0.2) is 0 Å². The molecule has 4 heteroatoms. The standard InChI is InChI=1S/C20H28N4/c1-21-20(22-12-15-24-13-5-2-6-14-24)23-16-18-10-7-9-17-8-3-4-11-19(17)18/h3-4,7-11H,2,5-6,12-16H2,1H3,(H2,21,22,23). The van der Waals surface area contributed by atoms with Crippen LogP contribution in [0.4, 0.5) is 0 Å². The molecule has 4 nitrogen and oxygen atoms in total. The van der Waals surface area contributed by atoms with Gasteiger partial charge >= 0.3 is 0 Å². The topological polar surface area (TPSA) is 39.7 Å². The average molecular weight is 324 g/mol. The first kappa shape index (κ1) is 16.8. The molecule has 24 heavy (non-hydrogen) atoms. The molecule has 0 bridgehead atoms. The van der Waals surface area contributed by atoms with E-state index in [9.17, 15) is 0 Å². The van der Waals surface area contributed by atoms with E-state index in [2.05, 4.69) is 63.0 Å². The number of benzene rings is 2. The number of nitrogens with zero attached hydrogens (tertiary/aromatic N) is 2. The van der Waals surface area contributed by atoms with Gasteiger partial charge < -0.3 is 15.5 Å². The molecular weight excluding hydrogens is 296 g/mol. The van der Waals surface area contributed by atoms with Gasteiger partial charge in [-0.2, -0.15) is 0 Å². The van der Waals surface area contributed by atoms with Gasteiger partial charge in [-0.05, 0) is 42.3 Å². The van der Waals surface area contributed by atoms with Crippen LogP contribution in [0.15, 0.2) is 47.5 Å². The lowest BCUT2D eigenvalue weighted by Crippen LogP contribution is -2.42. The summed E-state index contributed by atoms with van der Waals surface area (Å²) in [4.78, 5) is 6.88. The SMILES string of the molecule is CN=C(NCCN1CCCCC1)NCc1cccc2ccccc12. The van der Waals surface area contributed by atoms with E-state index in [1.165, 1.54) is 48.7 Å².